The van der Waals surface area contributed by atoms with E-state index in [1.54, 1.807) is 12.1 Å². The summed E-state index contributed by atoms with van der Waals surface area (Å²) in [6.45, 7) is 2.22. The van der Waals surface area contributed by atoms with Gasteiger partial charge in [0.05, 0.1) is 0 Å². The highest BCUT2D eigenvalue weighted by Crippen LogP contribution is 2.37. The molecule has 1 atom stereocenters. The first kappa shape index (κ1) is 17.6. The van der Waals surface area contributed by atoms with Gasteiger partial charge in [-0.25, -0.2) is 0 Å². The van der Waals surface area contributed by atoms with Gasteiger partial charge in [0.1, 0.15) is 5.54 Å². The number of carbonyl (C=O) groups excluding carboxylic acids is 2. The van der Waals surface area contributed by atoms with E-state index in [9.17, 15) is 9.59 Å². The van der Waals surface area contributed by atoms with Gasteiger partial charge in [-0.1, -0.05) is 29.3 Å². The summed E-state index contributed by atoms with van der Waals surface area (Å²) in [7, 11) is 0. The molecule has 0 radical (unpaired) electrons. The fourth-order valence-electron chi connectivity index (χ4n) is 3.61. The fraction of sp³-hybridized carbons (Fsp3) is 0.556. The number of nitrogens with zero attached hydrogens (tertiary/aromatic N) is 1. The predicted octanol–water partition coefficient (Wildman–Crippen LogP) is 3.93. The van der Waals surface area contributed by atoms with Crippen LogP contribution >= 0.6 is 23.2 Å². The van der Waals surface area contributed by atoms with Gasteiger partial charge < -0.3 is 10.2 Å². The third kappa shape index (κ3) is 3.27. The number of benzene rings is 1. The Bertz CT molecular complexity index is 660. The van der Waals surface area contributed by atoms with Crippen LogP contribution in [0, 0.1) is 0 Å². The Hall–Kier alpha value is -1.26. The van der Waals surface area contributed by atoms with Crippen molar-refractivity contribution in [2.24, 2.45) is 0 Å². The second kappa shape index (κ2) is 6.93. The number of likely N-dealkylation sites (tertiary alicyclic amines) is 1. The van der Waals surface area contributed by atoms with Crippen molar-refractivity contribution in [1.82, 2.24) is 10.2 Å². The first-order chi connectivity index (χ1) is 11.4. The minimum absolute atomic E-state index is 0.103. The lowest BCUT2D eigenvalue weighted by atomic mass is 9.80. The van der Waals surface area contributed by atoms with Crippen molar-refractivity contribution in [3.05, 3.63) is 33.8 Å². The van der Waals surface area contributed by atoms with Crippen molar-refractivity contribution in [3.8, 4) is 0 Å². The molecule has 4 nitrogen and oxygen atoms in total. The van der Waals surface area contributed by atoms with E-state index in [-0.39, 0.29) is 17.9 Å². The minimum atomic E-state index is -0.765. The van der Waals surface area contributed by atoms with Crippen molar-refractivity contribution in [2.75, 3.05) is 0 Å². The second-order valence-corrected chi connectivity index (χ2v) is 7.74. The summed E-state index contributed by atoms with van der Waals surface area (Å²) in [5.41, 5.74) is 0.0506. The van der Waals surface area contributed by atoms with E-state index in [0.29, 0.717) is 29.4 Å². The summed E-state index contributed by atoms with van der Waals surface area (Å²) in [5.74, 6) is 0.00147. The van der Waals surface area contributed by atoms with Gasteiger partial charge in [0.15, 0.2) is 0 Å². The Morgan fingerprint density at radius 2 is 2.08 bits per heavy atom. The molecule has 0 aromatic heterocycles. The van der Waals surface area contributed by atoms with Crippen LogP contribution in [0.3, 0.4) is 0 Å². The molecule has 0 bridgehead atoms. The molecule has 1 aliphatic heterocycles. The van der Waals surface area contributed by atoms with Crippen LogP contribution in [0.2, 0.25) is 10.0 Å². The third-order valence-corrected chi connectivity index (χ3v) is 5.83. The van der Waals surface area contributed by atoms with E-state index in [4.69, 9.17) is 23.2 Å². The summed E-state index contributed by atoms with van der Waals surface area (Å²) in [6.07, 6.45) is 5.13. The van der Waals surface area contributed by atoms with Crippen LogP contribution in [0.25, 0.3) is 0 Å². The van der Waals surface area contributed by atoms with Crippen molar-refractivity contribution >= 4 is 35.0 Å². The number of carbonyl (C=O) groups is 2. The quantitative estimate of drug-likeness (QED) is 0.874. The van der Waals surface area contributed by atoms with E-state index >= 15 is 0 Å². The molecule has 130 valence electrons. The molecule has 1 aromatic carbocycles. The van der Waals surface area contributed by atoms with Crippen LogP contribution in [-0.4, -0.2) is 28.3 Å². The zero-order chi connectivity index (χ0) is 17.3. The van der Waals surface area contributed by atoms with Gasteiger partial charge in [-0.05, 0) is 56.7 Å². The van der Waals surface area contributed by atoms with Gasteiger partial charge >= 0.3 is 0 Å². The first-order valence-corrected chi connectivity index (χ1v) is 9.22. The molecular formula is C18H22Cl2N2O2. The van der Waals surface area contributed by atoms with E-state index in [0.717, 1.165) is 31.2 Å². The largest absolute Gasteiger partial charge is 0.350 e. The average molecular weight is 369 g/mol. The van der Waals surface area contributed by atoms with Crippen LogP contribution < -0.4 is 5.32 Å². The molecule has 24 heavy (non-hydrogen) atoms. The van der Waals surface area contributed by atoms with Crippen LogP contribution in [0.5, 0.6) is 0 Å². The minimum Gasteiger partial charge on any atom is -0.350 e. The maximum atomic E-state index is 12.9. The smallest absolute Gasteiger partial charge is 0.245 e. The van der Waals surface area contributed by atoms with Crippen LogP contribution in [0.1, 0.15) is 51.0 Å². The Labute approximate surface area is 152 Å². The van der Waals surface area contributed by atoms with Crippen LogP contribution in [0.15, 0.2) is 18.2 Å². The Morgan fingerprint density at radius 3 is 2.71 bits per heavy atom. The summed E-state index contributed by atoms with van der Waals surface area (Å²) >= 11 is 12.1. The van der Waals surface area contributed by atoms with Crippen LogP contribution in [0.4, 0.5) is 0 Å². The van der Waals surface area contributed by atoms with Gasteiger partial charge in [0.25, 0.3) is 0 Å². The molecule has 2 aliphatic rings. The molecule has 0 spiro atoms. The molecule has 3 rings (SSSR count). The van der Waals surface area contributed by atoms with Gasteiger partial charge in [-0.15, -0.1) is 0 Å². The van der Waals surface area contributed by atoms with E-state index < -0.39 is 5.54 Å². The fourth-order valence-corrected chi connectivity index (χ4v) is 4.08. The van der Waals surface area contributed by atoms with Crippen molar-refractivity contribution < 1.29 is 9.59 Å². The highest BCUT2D eigenvalue weighted by molar-refractivity contribution is 6.35. The number of nitrogens with one attached hydrogen (secondary N) is 1. The summed E-state index contributed by atoms with van der Waals surface area (Å²) < 4.78 is 0. The van der Waals surface area contributed by atoms with Gasteiger partial charge in [-0.2, -0.15) is 0 Å². The number of halogens is 2. The molecule has 1 saturated heterocycles. The predicted molar refractivity (Wildman–Crippen MR) is 95.0 cm³/mol. The number of hydrogen-bond acceptors (Lipinski definition) is 2. The lowest BCUT2D eigenvalue weighted by Gasteiger charge is -2.50. The van der Waals surface area contributed by atoms with Crippen molar-refractivity contribution in [2.45, 2.75) is 63.6 Å². The maximum Gasteiger partial charge on any atom is 0.245 e. The van der Waals surface area contributed by atoms with Crippen molar-refractivity contribution in [1.29, 1.82) is 0 Å². The zero-order valence-electron chi connectivity index (χ0n) is 13.8. The topological polar surface area (TPSA) is 49.4 Å². The van der Waals surface area contributed by atoms with Crippen molar-refractivity contribution in [3.63, 3.8) is 0 Å². The molecule has 1 saturated carbocycles. The molecular weight excluding hydrogens is 347 g/mol. The molecule has 1 aliphatic carbocycles. The SMILES string of the molecule is CC1(C(=O)NCc2ccc(Cl)cc2Cl)CCCC(=O)N1C1CCC1. The molecule has 1 N–H and O–H groups in total. The molecule has 1 unspecified atom stereocenters. The lowest BCUT2D eigenvalue weighted by molar-refractivity contribution is -0.157. The van der Waals surface area contributed by atoms with Gasteiger partial charge in [0.2, 0.25) is 11.8 Å². The highest BCUT2D eigenvalue weighted by Gasteiger charge is 2.48. The molecule has 6 heteroatoms. The number of piperidine rings is 1. The normalized spacial score (nSPS) is 24.6. The second-order valence-electron chi connectivity index (χ2n) is 6.89. The Morgan fingerprint density at radius 1 is 1.33 bits per heavy atom. The molecule has 2 fully saturated rings. The number of amides is 2. The highest BCUT2D eigenvalue weighted by atomic mass is 35.5. The molecule has 2 amide bonds. The first-order valence-electron chi connectivity index (χ1n) is 8.46. The lowest BCUT2D eigenvalue weighted by Crippen LogP contribution is -2.65. The summed E-state index contributed by atoms with van der Waals surface area (Å²) in [5, 5.41) is 4.06. The molecule has 1 heterocycles. The van der Waals surface area contributed by atoms with E-state index in [1.807, 2.05) is 17.9 Å². The third-order valence-electron chi connectivity index (χ3n) is 5.24. The van der Waals surface area contributed by atoms with Gasteiger partial charge in [0, 0.05) is 29.1 Å². The summed E-state index contributed by atoms with van der Waals surface area (Å²) in [6, 6.07) is 5.44. The monoisotopic (exact) mass is 368 g/mol. The molecule has 1 aromatic rings. The maximum absolute atomic E-state index is 12.9. The van der Waals surface area contributed by atoms with E-state index in [2.05, 4.69) is 5.32 Å². The van der Waals surface area contributed by atoms with E-state index in [1.165, 1.54) is 0 Å². The Balaban J connectivity index is 1.72. The number of hydrogen-bond donors (Lipinski definition) is 1. The average Bonchev–Trinajstić information content (AvgIpc) is 2.48. The number of rotatable bonds is 4. The van der Waals surface area contributed by atoms with Gasteiger partial charge in [-0.3, -0.25) is 9.59 Å². The summed E-state index contributed by atoms with van der Waals surface area (Å²) in [4.78, 5) is 27.2. The van der Waals surface area contributed by atoms with Crippen LogP contribution in [-0.2, 0) is 16.1 Å². The standard InChI is InChI=1S/C18H22Cl2N2O2/c1-18(9-3-6-16(23)22(18)14-4-2-5-14)17(24)21-11-12-7-8-13(19)10-15(12)20/h7-8,10,14H,2-6,9,11H2,1H3,(H,21,24). The zero-order valence-corrected chi connectivity index (χ0v) is 15.3. The Kier molecular flexibility index (Phi) is 5.07.